The van der Waals surface area contributed by atoms with E-state index in [1.807, 2.05) is 0 Å². The standard InChI is InChI=1S/C30H41NS/c1-10-11-12-13-22(4)31(25-16-14-24(15-17-25)21(2)3)26-20-32-28-27(23(26)5)29(6,7)18-19-30(28,8)9/h10-17,22H,2,18-20H2,1,3-9H3/b11-10-,13-12-. The van der Waals surface area contributed by atoms with Gasteiger partial charge in [0, 0.05) is 23.2 Å². The van der Waals surface area contributed by atoms with E-state index in [2.05, 4.69) is 127 Å². The molecule has 0 aromatic heterocycles. The van der Waals surface area contributed by atoms with Gasteiger partial charge in [0.2, 0.25) is 0 Å². The molecule has 1 aromatic carbocycles. The molecule has 1 aliphatic heterocycles. The first-order chi connectivity index (χ1) is 15.0. The molecule has 1 aliphatic carbocycles. The number of thioether (sulfide) groups is 1. The van der Waals surface area contributed by atoms with Gasteiger partial charge in [-0.3, -0.25) is 0 Å². The minimum atomic E-state index is 0.215. The van der Waals surface area contributed by atoms with Crippen LogP contribution in [0.1, 0.15) is 73.8 Å². The summed E-state index contributed by atoms with van der Waals surface area (Å²) in [5, 5.41) is 0. The first-order valence-electron chi connectivity index (χ1n) is 11.9. The predicted molar refractivity (Wildman–Crippen MR) is 146 cm³/mol. The summed E-state index contributed by atoms with van der Waals surface area (Å²) in [5.74, 6) is 1.02. The van der Waals surface area contributed by atoms with Gasteiger partial charge in [-0.2, -0.15) is 0 Å². The Labute approximate surface area is 201 Å². The topological polar surface area (TPSA) is 3.24 Å². The fraction of sp³-hybridized carbons (Fsp3) is 0.467. The summed E-state index contributed by atoms with van der Waals surface area (Å²) in [6, 6.07) is 9.19. The van der Waals surface area contributed by atoms with Crippen molar-refractivity contribution in [2.45, 2.75) is 74.3 Å². The molecule has 1 atom stereocenters. The second-order valence-electron chi connectivity index (χ2n) is 10.7. The summed E-state index contributed by atoms with van der Waals surface area (Å²) >= 11 is 2.07. The van der Waals surface area contributed by atoms with Crippen LogP contribution < -0.4 is 4.90 Å². The Balaban J connectivity index is 2.16. The highest BCUT2D eigenvalue weighted by Crippen LogP contribution is 2.57. The Kier molecular flexibility index (Phi) is 7.34. The third-order valence-corrected chi connectivity index (χ3v) is 8.55. The van der Waals surface area contributed by atoms with Crippen LogP contribution in [0, 0.1) is 10.8 Å². The molecule has 0 saturated heterocycles. The van der Waals surface area contributed by atoms with Gasteiger partial charge in [-0.15, -0.1) is 11.8 Å². The van der Waals surface area contributed by atoms with Gasteiger partial charge >= 0.3 is 0 Å². The van der Waals surface area contributed by atoms with Crippen LogP contribution in [-0.2, 0) is 0 Å². The third kappa shape index (κ3) is 4.86. The molecule has 0 bridgehead atoms. The van der Waals surface area contributed by atoms with Crippen molar-refractivity contribution in [1.82, 2.24) is 0 Å². The third-order valence-electron chi connectivity index (χ3n) is 7.08. The highest BCUT2D eigenvalue weighted by atomic mass is 32.2. The lowest BCUT2D eigenvalue weighted by Gasteiger charge is -2.47. The van der Waals surface area contributed by atoms with E-state index < -0.39 is 0 Å². The fourth-order valence-corrected chi connectivity index (χ4v) is 6.77. The van der Waals surface area contributed by atoms with Gasteiger partial charge < -0.3 is 4.90 Å². The highest BCUT2D eigenvalue weighted by Gasteiger charge is 2.43. The van der Waals surface area contributed by atoms with Crippen LogP contribution in [0.15, 0.2) is 76.9 Å². The van der Waals surface area contributed by atoms with Crippen LogP contribution in [0.4, 0.5) is 5.69 Å². The normalized spacial score (nSPS) is 21.2. The Morgan fingerprint density at radius 2 is 1.69 bits per heavy atom. The van der Waals surface area contributed by atoms with Crippen LogP contribution in [0.2, 0.25) is 0 Å². The van der Waals surface area contributed by atoms with Crippen molar-refractivity contribution in [3.8, 4) is 0 Å². The van der Waals surface area contributed by atoms with Crippen molar-refractivity contribution in [2.75, 3.05) is 10.7 Å². The molecule has 2 heteroatoms. The lowest BCUT2D eigenvalue weighted by atomic mass is 9.65. The summed E-state index contributed by atoms with van der Waals surface area (Å²) in [4.78, 5) is 4.16. The molecule has 0 amide bonds. The summed E-state index contributed by atoms with van der Waals surface area (Å²) in [5.41, 5.74) is 8.56. The molecular formula is C30H41NS. The SMILES string of the molecule is C=C(C)c1ccc(N(C2=C(C)C3=C(SC2)C(C)(C)CCC3(C)C)C(C)/C=C\C=C/C)cc1. The molecule has 1 unspecified atom stereocenters. The van der Waals surface area contributed by atoms with Gasteiger partial charge in [-0.25, -0.2) is 0 Å². The fourth-order valence-electron chi connectivity index (χ4n) is 5.06. The highest BCUT2D eigenvalue weighted by molar-refractivity contribution is 8.03. The van der Waals surface area contributed by atoms with Gasteiger partial charge in [-0.05, 0) is 85.1 Å². The number of benzene rings is 1. The van der Waals surface area contributed by atoms with Gasteiger partial charge in [0.15, 0.2) is 0 Å². The Morgan fingerprint density at radius 3 is 2.28 bits per heavy atom. The van der Waals surface area contributed by atoms with Crippen LogP contribution in [-0.4, -0.2) is 11.8 Å². The summed E-state index contributed by atoms with van der Waals surface area (Å²) < 4.78 is 0. The number of anilines is 1. The van der Waals surface area contributed by atoms with Crippen molar-refractivity contribution >= 4 is 23.0 Å². The average Bonchev–Trinajstić information content (AvgIpc) is 2.73. The maximum atomic E-state index is 4.11. The van der Waals surface area contributed by atoms with E-state index in [1.165, 1.54) is 35.4 Å². The van der Waals surface area contributed by atoms with Crippen molar-refractivity contribution in [1.29, 1.82) is 0 Å². The lowest BCUT2D eigenvalue weighted by molar-refractivity contribution is 0.277. The quantitative estimate of drug-likeness (QED) is 0.400. The van der Waals surface area contributed by atoms with E-state index in [4.69, 9.17) is 0 Å². The number of rotatable bonds is 6. The molecule has 0 radical (unpaired) electrons. The zero-order valence-electron chi connectivity index (χ0n) is 21.4. The molecular weight excluding hydrogens is 406 g/mol. The summed E-state index contributed by atoms with van der Waals surface area (Å²) in [7, 11) is 0. The van der Waals surface area contributed by atoms with E-state index in [0.717, 1.165) is 11.3 Å². The molecule has 32 heavy (non-hydrogen) atoms. The second-order valence-corrected chi connectivity index (χ2v) is 11.7. The molecule has 0 fully saturated rings. The van der Waals surface area contributed by atoms with E-state index in [1.54, 1.807) is 10.5 Å². The molecule has 2 aliphatic rings. The predicted octanol–water partition coefficient (Wildman–Crippen LogP) is 9.17. The molecule has 1 heterocycles. The lowest BCUT2D eigenvalue weighted by Crippen LogP contribution is -2.38. The van der Waals surface area contributed by atoms with Gasteiger partial charge in [-0.1, -0.05) is 76.3 Å². The number of hydrogen-bond acceptors (Lipinski definition) is 2. The molecule has 0 N–H and O–H groups in total. The van der Waals surface area contributed by atoms with Crippen molar-refractivity contribution < 1.29 is 0 Å². The van der Waals surface area contributed by atoms with E-state index >= 15 is 0 Å². The van der Waals surface area contributed by atoms with Crippen LogP contribution in [0.3, 0.4) is 0 Å². The Bertz CT molecular complexity index is 982. The Morgan fingerprint density at radius 1 is 1.06 bits per heavy atom. The molecule has 1 nitrogen and oxygen atoms in total. The van der Waals surface area contributed by atoms with Crippen molar-refractivity contribution in [3.63, 3.8) is 0 Å². The molecule has 0 saturated carbocycles. The number of allylic oxidation sites excluding steroid dienone is 7. The van der Waals surface area contributed by atoms with E-state index in [-0.39, 0.29) is 16.9 Å². The largest absolute Gasteiger partial charge is 0.337 e. The van der Waals surface area contributed by atoms with E-state index in [0.29, 0.717) is 0 Å². The first kappa shape index (κ1) is 24.7. The van der Waals surface area contributed by atoms with Crippen molar-refractivity contribution in [2.24, 2.45) is 10.8 Å². The maximum Gasteiger partial charge on any atom is 0.0494 e. The van der Waals surface area contributed by atoms with Crippen LogP contribution in [0.25, 0.3) is 5.57 Å². The Hall–Kier alpha value is -1.93. The molecule has 0 spiro atoms. The smallest absolute Gasteiger partial charge is 0.0494 e. The van der Waals surface area contributed by atoms with Gasteiger partial charge in [0.25, 0.3) is 0 Å². The molecule has 172 valence electrons. The minimum absolute atomic E-state index is 0.215. The zero-order valence-corrected chi connectivity index (χ0v) is 22.2. The maximum absolute atomic E-state index is 4.11. The minimum Gasteiger partial charge on any atom is -0.337 e. The average molecular weight is 448 g/mol. The van der Waals surface area contributed by atoms with Gasteiger partial charge in [0.1, 0.15) is 0 Å². The monoisotopic (exact) mass is 447 g/mol. The molecule has 3 rings (SSSR count). The van der Waals surface area contributed by atoms with Crippen molar-refractivity contribution in [3.05, 3.63) is 82.5 Å². The first-order valence-corrected chi connectivity index (χ1v) is 12.9. The number of nitrogens with zero attached hydrogens (tertiary/aromatic N) is 1. The van der Waals surface area contributed by atoms with Gasteiger partial charge in [0.05, 0.1) is 0 Å². The van der Waals surface area contributed by atoms with E-state index in [9.17, 15) is 0 Å². The van der Waals surface area contributed by atoms with Crippen LogP contribution in [0.5, 0.6) is 0 Å². The summed E-state index contributed by atoms with van der Waals surface area (Å²) in [6.07, 6.45) is 11.2. The van der Waals surface area contributed by atoms with Crippen LogP contribution >= 0.6 is 11.8 Å². The second kappa shape index (κ2) is 9.51. The zero-order chi connectivity index (χ0) is 23.7. The summed E-state index contributed by atoms with van der Waals surface area (Å²) in [6.45, 7) is 22.6. The molecule has 1 aromatic rings. The number of hydrogen-bond donors (Lipinski definition) is 0.